The number of anilines is 1. The molecule has 2 nitrogen and oxygen atoms in total. The monoisotopic (exact) mass is 296 g/mol. The lowest BCUT2D eigenvalue weighted by Gasteiger charge is -2.37. The molecule has 0 fully saturated rings. The van der Waals surface area contributed by atoms with Crippen LogP contribution < -0.4 is 5.32 Å². The van der Waals surface area contributed by atoms with E-state index in [0.717, 1.165) is 24.1 Å². The van der Waals surface area contributed by atoms with E-state index in [4.69, 9.17) is 11.6 Å². The SMILES string of the molecule is CC1CCC(C#N)(Nc2ccccc2Cl)c2ccccc21. The Morgan fingerprint density at radius 3 is 2.67 bits per heavy atom. The van der Waals surface area contributed by atoms with E-state index in [-0.39, 0.29) is 0 Å². The molecule has 1 aliphatic rings. The quantitative estimate of drug-likeness (QED) is 0.840. The zero-order valence-corrected chi connectivity index (χ0v) is 12.7. The lowest BCUT2D eigenvalue weighted by atomic mass is 9.73. The number of nitrogens with one attached hydrogen (secondary N) is 1. The Hall–Kier alpha value is -1.98. The van der Waals surface area contributed by atoms with E-state index >= 15 is 0 Å². The Kier molecular flexibility index (Phi) is 3.61. The fraction of sp³-hybridized carbons (Fsp3) is 0.278. The van der Waals surface area contributed by atoms with Crippen LogP contribution in [0, 0.1) is 11.3 Å². The highest BCUT2D eigenvalue weighted by molar-refractivity contribution is 6.33. The summed E-state index contributed by atoms with van der Waals surface area (Å²) < 4.78 is 0. The van der Waals surface area contributed by atoms with Gasteiger partial charge in [-0.1, -0.05) is 54.9 Å². The normalized spacial score (nSPS) is 24.0. The summed E-state index contributed by atoms with van der Waals surface area (Å²) in [7, 11) is 0. The van der Waals surface area contributed by atoms with Crippen molar-refractivity contribution in [2.75, 3.05) is 5.32 Å². The molecule has 0 amide bonds. The van der Waals surface area contributed by atoms with Gasteiger partial charge in [0.05, 0.1) is 16.8 Å². The molecule has 0 aromatic heterocycles. The molecule has 0 heterocycles. The summed E-state index contributed by atoms with van der Waals surface area (Å²) in [6, 6.07) is 18.3. The van der Waals surface area contributed by atoms with E-state index in [1.54, 1.807) is 0 Å². The van der Waals surface area contributed by atoms with Crippen LogP contribution >= 0.6 is 11.6 Å². The number of hydrogen-bond donors (Lipinski definition) is 1. The topological polar surface area (TPSA) is 35.8 Å². The van der Waals surface area contributed by atoms with Crippen LogP contribution in [0.15, 0.2) is 48.5 Å². The van der Waals surface area contributed by atoms with Gasteiger partial charge in [0.15, 0.2) is 5.54 Å². The molecule has 2 unspecified atom stereocenters. The number of para-hydroxylation sites is 1. The molecule has 106 valence electrons. The standard InChI is InChI=1S/C18H17ClN2/c1-13-10-11-18(12-20,15-7-3-2-6-14(13)15)21-17-9-5-4-8-16(17)19/h2-9,13,21H,10-11H2,1H3. The van der Waals surface area contributed by atoms with Gasteiger partial charge in [-0.15, -0.1) is 0 Å². The number of fused-ring (bicyclic) bond motifs is 1. The Balaban J connectivity index is 2.08. The van der Waals surface area contributed by atoms with Crippen LogP contribution in [-0.4, -0.2) is 0 Å². The summed E-state index contributed by atoms with van der Waals surface area (Å²) in [5.41, 5.74) is 2.44. The van der Waals surface area contributed by atoms with Crippen molar-refractivity contribution >= 4 is 17.3 Å². The number of nitriles is 1. The highest BCUT2D eigenvalue weighted by Crippen LogP contribution is 2.43. The average molecular weight is 297 g/mol. The van der Waals surface area contributed by atoms with Crippen molar-refractivity contribution in [2.24, 2.45) is 0 Å². The van der Waals surface area contributed by atoms with Crippen molar-refractivity contribution in [1.82, 2.24) is 0 Å². The maximum Gasteiger partial charge on any atom is 0.151 e. The molecule has 0 bridgehead atoms. The predicted octanol–water partition coefficient (Wildman–Crippen LogP) is 5.07. The van der Waals surface area contributed by atoms with Crippen LogP contribution in [0.4, 0.5) is 5.69 Å². The van der Waals surface area contributed by atoms with E-state index in [2.05, 4.69) is 30.4 Å². The van der Waals surface area contributed by atoms with E-state index in [0.29, 0.717) is 10.9 Å². The van der Waals surface area contributed by atoms with E-state index in [9.17, 15) is 5.26 Å². The molecule has 2 aromatic carbocycles. The van der Waals surface area contributed by atoms with Gasteiger partial charge in [-0.05, 0) is 42.0 Å². The summed E-state index contributed by atoms with van der Waals surface area (Å²) in [6.07, 6.45) is 1.77. The molecular weight excluding hydrogens is 280 g/mol. The third-order valence-electron chi connectivity index (χ3n) is 4.32. The molecular formula is C18H17ClN2. The Morgan fingerprint density at radius 2 is 1.90 bits per heavy atom. The van der Waals surface area contributed by atoms with Crippen LogP contribution in [0.3, 0.4) is 0 Å². The Labute approximate surface area is 130 Å². The molecule has 2 atom stereocenters. The molecule has 0 aliphatic heterocycles. The van der Waals surface area contributed by atoms with Gasteiger partial charge < -0.3 is 5.32 Å². The van der Waals surface area contributed by atoms with Crippen LogP contribution in [0.2, 0.25) is 5.02 Å². The van der Waals surface area contributed by atoms with Gasteiger partial charge >= 0.3 is 0 Å². The molecule has 3 heteroatoms. The van der Waals surface area contributed by atoms with Gasteiger partial charge in [0.25, 0.3) is 0 Å². The van der Waals surface area contributed by atoms with Gasteiger partial charge in [-0.3, -0.25) is 0 Å². The highest BCUT2D eigenvalue weighted by Gasteiger charge is 2.39. The molecule has 0 saturated carbocycles. The molecule has 2 aromatic rings. The summed E-state index contributed by atoms with van der Waals surface area (Å²) in [6.45, 7) is 2.22. The zero-order chi connectivity index (χ0) is 14.9. The first-order valence-corrected chi connectivity index (χ1v) is 7.57. The van der Waals surface area contributed by atoms with E-state index in [1.807, 2.05) is 36.4 Å². The summed E-state index contributed by atoms with van der Waals surface area (Å²) >= 11 is 6.25. The van der Waals surface area contributed by atoms with Gasteiger partial charge in [-0.25, -0.2) is 0 Å². The van der Waals surface area contributed by atoms with Crippen molar-refractivity contribution in [3.63, 3.8) is 0 Å². The third kappa shape index (κ3) is 2.39. The minimum Gasteiger partial charge on any atom is -0.362 e. The summed E-state index contributed by atoms with van der Waals surface area (Å²) in [5.74, 6) is 0.482. The zero-order valence-electron chi connectivity index (χ0n) is 11.9. The lowest BCUT2D eigenvalue weighted by molar-refractivity contribution is 0.462. The minimum atomic E-state index is -0.700. The first-order chi connectivity index (χ1) is 10.2. The maximum atomic E-state index is 9.87. The van der Waals surface area contributed by atoms with Crippen LogP contribution in [0.1, 0.15) is 36.8 Å². The molecule has 0 saturated heterocycles. The first kappa shape index (κ1) is 14.0. The number of hydrogen-bond acceptors (Lipinski definition) is 2. The number of rotatable bonds is 2. The Bertz CT molecular complexity index is 704. The largest absolute Gasteiger partial charge is 0.362 e. The predicted molar refractivity (Wildman–Crippen MR) is 86.5 cm³/mol. The Morgan fingerprint density at radius 1 is 1.19 bits per heavy atom. The van der Waals surface area contributed by atoms with E-state index < -0.39 is 5.54 Å². The molecule has 21 heavy (non-hydrogen) atoms. The molecule has 0 spiro atoms. The van der Waals surface area contributed by atoms with Gasteiger partial charge in [0.1, 0.15) is 0 Å². The lowest BCUT2D eigenvalue weighted by Crippen LogP contribution is -2.38. The van der Waals surface area contributed by atoms with Gasteiger partial charge in [0.2, 0.25) is 0 Å². The maximum absolute atomic E-state index is 9.87. The van der Waals surface area contributed by atoms with Gasteiger partial charge in [0, 0.05) is 0 Å². The number of benzene rings is 2. The molecule has 1 N–H and O–H groups in total. The second-order valence-electron chi connectivity index (χ2n) is 5.65. The highest BCUT2D eigenvalue weighted by atomic mass is 35.5. The van der Waals surface area contributed by atoms with Crippen LogP contribution in [0.25, 0.3) is 0 Å². The number of halogens is 1. The summed E-state index contributed by atoms with van der Waals surface area (Å²) in [5, 5.41) is 13.9. The third-order valence-corrected chi connectivity index (χ3v) is 4.65. The van der Waals surface area contributed by atoms with E-state index in [1.165, 1.54) is 5.56 Å². The average Bonchev–Trinajstić information content (AvgIpc) is 2.53. The smallest absolute Gasteiger partial charge is 0.151 e. The van der Waals surface area contributed by atoms with Crippen LogP contribution in [0.5, 0.6) is 0 Å². The first-order valence-electron chi connectivity index (χ1n) is 7.20. The second kappa shape index (κ2) is 5.42. The van der Waals surface area contributed by atoms with Gasteiger partial charge in [-0.2, -0.15) is 5.26 Å². The minimum absolute atomic E-state index is 0.482. The van der Waals surface area contributed by atoms with Crippen molar-refractivity contribution in [3.05, 3.63) is 64.7 Å². The van der Waals surface area contributed by atoms with Crippen molar-refractivity contribution in [3.8, 4) is 6.07 Å². The van der Waals surface area contributed by atoms with Crippen molar-refractivity contribution in [1.29, 1.82) is 5.26 Å². The van der Waals surface area contributed by atoms with Crippen LogP contribution in [-0.2, 0) is 5.54 Å². The molecule has 0 radical (unpaired) electrons. The fourth-order valence-electron chi connectivity index (χ4n) is 3.10. The molecule has 1 aliphatic carbocycles. The number of nitrogens with zero attached hydrogens (tertiary/aromatic N) is 1. The summed E-state index contributed by atoms with van der Waals surface area (Å²) in [4.78, 5) is 0. The second-order valence-corrected chi connectivity index (χ2v) is 6.06. The fourth-order valence-corrected chi connectivity index (χ4v) is 3.29. The van der Waals surface area contributed by atoms with Crippen molar-refractivity contribution < 1.29 is 0 Å². The molecule has 3 rings (SSSR count). The van der Waals surface area contributed by atoms with Crippen molar-refractivity contribution in [2.45, 2.75) is 31.2 Å².